The highest BCUT2D eigenvalue weighted by Gasteiger charge is 2.79. The van der Waals surface area contributed by atoms with Crippen molar-refractivity contribution < 1.29 is 86.0 Å². The molecule has 0 radical (unpaired) electrons. The SMILES string of the molecule is CC(=O)O[C@@]12COC1C[C@H](OC(=O)OCC(Cl)(Cl)Cl)[C@@]1(C)C(=O)[C@H](OC(=O)OCC(Cl)(Cl)Cl)C3=C(C)[C@@H](OC(=O)C4OC(C)(C)N(C(=O)OC(C)(C)C)[C@H]4c4ccccc4)C[C@@](O)([C@@H](OC(=O)c4ccccc4)[C@@H]12)C3(C)C. The zero-order valence-electron chi connectivity index (χ0n) is 43.5. The molecule has 5 aliphatic rings. The maximum atomic E-state index is 16.4. The van der Waals surface area contributed by atoms with Gasteiger partial charge in [-0.1, -0.05) is 132 Å². The summed E-state index contributed by atoms with van der Waals surface area (Å²) in [5.74, 6) is -5.96. The quantitative estimate of drug-likeness (QED) is 0.101. The van der Waals surface area contributed by atoms with E-state index >= 15 is 9.59 Å². The van der Waals surface area contributed by atoms with Gasteiger partial charge >= 0.3 is 36.3 Å². The second-order valence-electron chi connectivity index (χ2n) is 21.8. The average molecular weight is 1200 g/mol. The van der Waals surface area contributed by atoms with E-state index in [2.05, 4.69) is 0 Å². The Hall–Kier alpha value is -4.31. The molecular weight excluding hydrogens is 1140 g/mol. The molecule has 2 aromatic rings. The lowest BCUT2D eigenvalue weighted by Gasteiger charge is -2.67. The van der Waals surface area contributed by atoms with Gasteiger partial charge < -0.3 is 52.5 Å². The van der Waals surface area contributed by atoms with Crippen molar-refractivity contribution in [3.8, 4) is 0 Å². The summed E-state index contributed by atoms with van der Waals surface area (Å²) in [7, 11) is 0. The van der Waals surface area contributed by atoms with E-state index in [0.29, 0.717) is 5.56 Å². The zero-order chi connectivity index (χ0) is 57.2. The number of ether oxygens (including phenoxy) is 10. The van der Waals surface area contributed by atoms with Gasteiger partial charge in [0.1, 0.15) is 60.6 Å². The second kappa shape index (κ2) is 21.6. The number of hydrogen-bond donors (Lipinski definition) is 1. The standard InChI is InChI=1S/C52H59Cl6NO18/c1-26-30(71-41(63)36-34(28-17-13-11-14-18-28)59(47(8,9)76-36)42(64)77-45(3,4)5)22-50(67)39(74-40(62)29-19-15-12-16-20-29)37-48(10,38(61)35(33(26)46(50,6)7)73-44(66)70-25-52(56,57)58)31(72-43(65)69-24-51(53,54)55)21-32-49(37,23-68-32)75-27(2)60/h11-20,30-32,34-37,39,67H,21-25H2,1-10H3/t30-,31-,32?,34-,35+,36?,37-,39-,48+,49-,50+/m0/s1. The number of Topliss-reactive ketones (excluding diaryl/α,β-unsaturated/α-hetero) is 1. The van der Waals surface area contributed by atoms with Crippen LogP contribution in [0.25, 0.3) is 0 Å². The molecule has 0 aromatic heterocycles. The van der Waals surface area contributed by atoms with Crippen LogP contribution in [0.2, 0.25) is 0 Å². The number of aliphatic hydroxyl groups is 1. The Labute approximate surface area is 474 Å². The van der Waals surface area contributed by atoms with Crippen LogP contribution >= 0.6 is 69.6 Å². The lowest BCUT2D eigenvalue weighted by atomic mass is 9.44. The molecule has 2 saturated carbocycles. The molecule has 7 rings (SSSR count). The van der Waals surface area contributed by atoms with Crippen LogP contribution in [0.4, 0.5) is 14.4 Å². The highest BCUT2D eigenvalue weighted by molar-refractivity contribution is 6.68. The third kappa shape index (κ3) is 12.0. The van der Waals surface area contributed by atoms with Crippen molar-refractivity contribution in [2.75, 3.05) is 19.8 Å². The van der Waals surface area contributed by atoms with Crippen molar-refractivity contribution in [3.05, 3.63) is 82.9 Å². The van der Waals surface area contributed by atoms with Crippen LogP contribution in [0.15, 0.2) is 71.8 Å². The number of amides is 1. The number of esters is 3. The van der Waals surface area contributed by atoms with Gasteiger partial charge in [0.25, 0.3) is 0 Å². The first-order valence-electron chi connectivity index (χ1n) is 24.3. The van der Waals surface area contributed by atoms with Crippen LogP contribution in [0.3, 0.4) is 0 Å². The predicted octanol–water partition coefficient (Wildman–Crippen LogP) is 9.81. The maximum absolute atomic E-state index is 16.4. The number of halogens is 6. The minimum absolute atomic E-state index is 0.0306. The number of nitrogens with zero attached hydrogens (tertiary/aromatic N) is 1. The van der Waals surface area contributed by atoms with Crippen LogP contribution in [0.1, 0.15) is 104 Å². The molecule has 2 saturated heterocycles. The Morgan fingerprint density at radius 1 is 0.792 bits per heavy atom. The molecule has 0 spiro atoms. The van der Waals surface area contributed by atoms with Crippen molar-refractivity contribution in [2.24, 2.45) is 16.7 Å². The molecule has 422 valence electrons. The van der Waals surface area contributed by atoms with Gasteiger partial charge in [-0.3, -0.25) is 14.5 Å². The molecule has 77 heavy (non-hydrogen) atoms. The highest BCUT2D eigenvalue weighted by atomic mass is 35.6. The molecule has 1 amide bonds. The number of carbonyl (C=O) groups is 7. The predicted molar refractivity (Wildman–Crippen MR) is 276 cm³/mol. The largest absolute Gasteiger partial charge is 0.509 e. The smallest absolute Gasteiger partial charge is 0.456 e. The van der Waals surface area contributed by atoms with Gasteiger partial charge in [0.05, 0.1) is 23.5 Å². The van der Waals surface area contributed by atoms with E-state index in [1.165, 1.54) is 44.7 Å². The van der Waals surface area contributed by atoms with Gasteiger partial charge in [-0.15, -0.1) is 0 Å². The lowest BCUT2D eigenvalue weighted by Crippen LogP contribution is -2.82. The number of benzene rings is 2. The fourth-order valence-corrected chi connectivity index (χ4v) is 11.8. The molecule has 25 heteroatoms. The Morgan fingerprint density at radius 2 is 1.35 bits per heavy atom. The highest BCUT2D eigenvalue weighted by Crippen LogP contribution is 2.65. The summed E-state index contributed by atoms with van der Waals surface area (Å²) in [6.07, 6.45) is -15.4. The number of fused-ring (bicyclic) bond motifs is 5. The first-order chi connectivity index (χ1) is 35.5. The van der Waals surface area contributed by atoms with Crippen LogP contribution in [-0.2, 0) is 61.8 Å². The number of hydrogen-bond acceptors (Lipinski definition) is 18. The third-order valence-corrected chi connectivity index (χ3v) is 15.5. The molecule has 11 atom stereocenters. The van der Waals surface area contributed by atoms with Gasteiger partial charge in [0.15, 0.2) is 23.6 Å². The zero-order valence-corrected chi connectivity index (χ0v) is 48.1. The fourth-order valence-electron chi connectivity index (χ4n) is 11.5. The van der Waals surface area contributed by atoms with Gasteiger partial charge in [-0.2, -0.15) is 0 Å². The summed E-state index contributed by atoms with van der Waals surface area (Å²) in [5.41, 5.74) is -11.2. The van der Waals surface area contributed by atoms with Gasteiger partial charge in [-0.05, 0) is 77.3 Å². The Bertz CT molecular complexity index is 2670. The Kier molecular flexibility index (Phi) is 16.9. The van der Waals surface area contributed by atoms with E-state index in [9.17, 15) is 29.1 Å². The van der Waals surface area contributed by atoms with Crippen molar-refractivity contribution >= 4 is 112 Å². The normalized spacial score (nSPS) is 31.4. The van der Waals surface area contributed by atoms with Crippen molar-refractivity contribution in [1.82, 2.24) is 4.90 Å². The molecule has 2 unspecified atom stereocenters. The van der Waals surface area contributed by atoms with Crippen molar-refractivity contribution in [3.63, 3.8) is 0 Å². The summed E-state index contributed by atoms with van der Waals surface area (Å²) in [5, 5.41) is 14.2. The van der Waals surface area contributed by atoms with E-state index in [4.69, 9.17) is 117 Å². The molecule has 2 aromatic carbocycles. The van der Waals surface area contributed by atoms with E-state index in [1.54, 1.807) is 83.1 Å². The van der Waals surface area contributed by atoms with Crippen molar-refractivity contribution in [2.45, 2.75) is 155 Å². The fraction of sp³-hybridized carbons (Fsp3) is 0.596. The molecule has 2 heterocycles. The van der Waals surface area contributed by atoms with Crippen LogP contribution in [0, 0.1) is 16.7 Å². The summed E-state index contributed by atoms with van der Waals surface area (Å²) in [6.45, 7) is 12.7. The number of rotatable bonds is 10. The molecular formula is C52H59Cl6NO18. The topological polar surface area (TPSA) is 235 Å². The molecule has 3 aliphatic carbocycles. The number of alkyl halides is 6. The molecule has 2 bridgehead atoms. The monoisotopic (exact) mass is 1200 g/mol. The summed E-state index contributed by atoms with van der Waals surface area (Å²) < 4.78 is 55.5. The van der Waals surface area contributed by atoms with Crippen LogP contribution in [0.5, 0.6) is 0 Å². The third-order valence-electron chi connectivity index (χ3n) is 14.8. The Balaban J connectivity index is 1.47. The minimum atomic E-state index is -2.62. The maximum Gasteiger partial charge on any atom is 0.509 e. The number of ketones is 1. The molecule has 1 N–H and O–H groups in total. The van der Waals surface area contributed by atoms with Gasteiger partial charge in [-0.25, -0.2) is 24.0 Å². The van der Waals surface area contributed by atoms with Gasteiger partial charge in [0.2, 0.25) is 7.59 Å². The molecule has 4 fully saturated rings. The summed E-state index contributed by atoms with van der Waals surface area (Å²) >= 11 is 35.6. The average Bonchev–Trinajstić information content (AvgIpc) is 3.61. The molecule has 2 aliphatic heterocycles. The van der Waals surface area contributed by atoms with E-state index in [-0.39, 0.29) is 16.7 Å². The number of carbonyl (C=O) groups excluding carboxylic acids is 7. The Morgan fingerprint density at radius 3 is 1.87 bits per heavy atom. The first kappa shape index (κ1) is 60.3. The van der Waals surface area contributed by atoms with Gasteiger partial charge in [0, 0.05) is 25.2 Å². The van der Waals surface area contributed by atoms with E-state index in [1.807, 2.05) is 0 Å². The van der Waals surface area contributed by atoms with Crippen LogP contribution < -0.4 is 0 Å². The molecule has 19 nitrogen and oxygen atoms in total. The summed E-state index contributed by atoms with van der Waals surface area (Å²) in [6, 6.07) is 14.9. The first-order valence-corrected chi connectivity index (χ1v) is 26.5. The van der Waals surface area contributed by atoms with E-state index < -0.39 is 164 Å². The second-order valence-corrected chi connectivity index (χ2v) is 26.8. The van der Waals surface area contributed by atoms with Crippen molar-refractivity contribution in [1.29, 1.82) is 0 Å². The summed E-state index contributed by atoms with van der Waals surface area (Å²) in [4.78, 5) is 103. The lowest BCUT2D eigenvalue weighted by molar-refractivity contribution is -0.346. The minimum Gasteiger partial charge on any atom is -0.456 e. The van der Waals surface area contributed by atoms with Crippen LogP contribution in [-0.4, -0.2) is 139 Å². The van der Waals surface area contributed by atoms with E-state index in [0.717, 1.165) is 6.92 Å².